The fourth-order valence-electron chi connectivity index (χ4n) is 4.77. The molecule has 212 valence electrons. The molecule has 1 aliphatic heterocycles. The van der Waals surface area contributed by atoms with Gasteiger partial charge in [-0.2, -0.15) is 22.0 Å². The quantitative estimate of drug-likeness (QED) is 0.286. The number of anilines is 1. The summed E-state index contributed by atoms with van der Waals surface area (Å²) in [6, 6.07) is 7.48. The minimum absolute atomic E-state index is 0.0255. The van der Waals surface area contributed by atoms with Gasteiger partial charge in [-0.05, 0) is 55.2 Å². The number of aromatic nitrogens is 5. The van der Waals surface area contributed by atoms with Crippen LogP contribution in [0.2, 0.25) is 0 Å². The van der Waals surface area contributed by atoms with Gasteiger partial charge in [0.15, 0.2) is 11.5 Å². The molecule has 0 amide bonds. The van der Waals surface area contributed by atoms with E-state index in [4.69, 9.17) is 10.5 Å². The molecule has 4 aromatic rings. The van der Waals surface area contributed by atoms with Gasteiger partial charge in [-0.1, -0.05) is 13.3 Å². The van der Waals surface area contributed by atoms with E-state index in [1.54, 1.807) is 24.5 Å². The second-order valence-electron chi connectivity index (χ2n) is 9.82. The summed E-state index contributed by atoms with van der Waals surface area (Å²) in [5, 5.41) is 0. The molecule has 1 fully saturated rings. The van der Waals surface area contributed by atoms with Crippen molar-refractivity contribution in [2.45, 2.75) is 57.4 Å². The van der Waals surface area contributed by atoms with Gasteiger partial charge in [0, 0.05) is 49.5 Å². The van der Waals surface area contributed by atoms with Gasteiger partial charge in [0.05, 0.1) is 0 Å². The van der Waals surface area contributed by atoms with Crippen LogP contribution in [0.5, 0.6) is 5.75 Å². The number of alkyl halides is 5. The Bertz CT molecular complexity index is 1450. The summed E-state index contributed by atoms with van der Waals surface area (Å²) >= 11 is 0. The summed E-state index contributed by atoms with van der Waals surface area (Å²) in [4.78, 5) is 18.2. The van der Waals surface area contributed by atoms with Gasteiger partial charge in [-0.25, -0.2) is 19.9 Å². The van der Waals surface area contributed by atoms with E-state index in [0.717, 1.165) is 42.5 Å². The maximum Gasteiger partial charge on any atom is 0.461 e. The number of piperidine rings is 1. The van der Waals surface area contributed by atoms with E-state index in [0.29, 0.717) is 24.3 Å². The molecule has 0 saturated carbocycles. The van der Waals surface area contributed by atoms with Gasteiger partial charge >= 0.3 is 12.1 Å². The number of fused-ring (bicyclic) bond motifs is 1. The van der Waals surface area contributed by atoms with E-state index in [1.165, 1.54) is 24.4 Å². The van der Waals surface area contributed by atoms with Crippen LogP contribution in [0.1, 0.15) is 43.1 Å². The first-order valence-corrected chi connectivity index (χ1v) is 12.9. The molecule has 8 nitrogen and oxygen atoms in total. The highest BCUT2D eigenvalue weighted by Gasteiger charge is 2.62. The first-order chi connectivity index (χ1) is 19.0. The van der Waals surface area contributed by atoms with Crippen LogP contribution in [-0.2, 0) is 18.9 Å². The van der Waals surface area contributed by atoms with Crippen molar-refractivity contribution in [3.63, 3.8) is 0 Å². The number of imidazole rings is 1. The number of pyridine rings is 1. The van der Waals surface area contributed by atoms with Crippen molar-refractivity contribution < 1.29 is 26.7 Å². The second-order valence-corrected chi connectivity index (χ2v) is 9.82. The van der Waals surface area contributed by atoms with Gasteiger partial charge in [-0.15, -0.1) is 0 Å². The topological polar surface area (TPSA) is 95.0 Å². The summed E-state index contributed by atoms with van der Waals surface area (Å²) in [6.45, 7) is 4.20. The highest BCUT2D eigenvalue weighted by atomic mass is 19.4. The SMILES string of the molecule is CCCc1cnc2c(c1)nc(C(F)(F)C(F)(F)F)n2-c1ccc(OC2CCN(Cc3cnc(N)nc3)CC2)cc1. The van der Waals surface area contributed by atoms with Crippen molar-refractivity contribution in [1.82, 2.24) is 29.4 Å². The average molecular weight is 562 g/mol. The molecular formula is C27H28F5N7O. The predicted octanol–water partition coefficient (Wildman–Crippen LogP) is 5.44. The molecule has 0 spiro atoms. The molecule has 1 aliphatic rings. The van der Waals surface area contributed by atoms with Crippen LogP contribution < -0.4 is 10.5 Å². The number of hydrogen-bond acceptors (Lipinski definition) is 7. The number of nitrogens with zero attached hydrogens (tertiary/aromatic N) is 6. The third-order valence-electron chi connectivity index (χ3n) is 6.79. The molecule has 2 N–H and O–H groups in total. The molecule has 0 bridgehead atoms. The monoisotopic (exact) mass is 561 g/mol. The Morgan fingerprint density at radius 1 is 0.950 bits per heavy atom. The Morgan fingerprint density at radius 2 is 1.60 bits per heavy atom. The van der Waals surface area contributed by atoms with Crippen LogP contribution in [0.4, 0.5) is 27.9 Å². The number of aryl methyl sites for hydroxylation is 1. The van der Waals surface area contributed by atoms with E-state index >= 15 is 0 Å². The fraction of sp³-hybridized carbons (Fsp3) is 0.407. The lowest BCUT2D eigenvalue weighted by molar-refractivity contribution is -0.292. The van der Waals surface area contributed by atoms with Crippen LogP contribution in [0.25, 0.3) is 16.9 Å². The number of nitrogens with two attached hydrogens (primary N) is 1. The number of rotatable bonds is 8. The molecule has 1 saturated heterocycles. The van der Waals surface area contributed by atoms with Crippen LogP contribution in [0, 0.1) is 0 Å². The minimum Gasteiger partial charge on any atom is -0.490 e. The van der Waals surface area contributed by atoms with Crippen molar-refractivity contribution in [3.8, 4) is 11.4 Å². The van der Waals surface area contributed by atoms with E-state index in [2.05, 4.69) is 24.8 Å². The number of ether oxygens (including phenoxy) is 1. The van der Waals surface area contributed by atoms with E-state index < -0.39 is 17.9 Å². The molecule has 1 aromatic carbocycles. The van der Waals surface area contributed by atoms with E-state index in [-0.39, 0.29) is 28.9 Å². The summed E-state index contributed by atoms with van der Waals surface area (Å²) in [5.74, 6) is -5.89. The smallest absolute Gasteiger partial charge is 0.461 e. The van der Waals surface area contributed by atoms with E-state index in [9.17, 15) is 22.0 Å². The molecule has 0 atom stereocenters. The fourth-order valence-corrected chi connectivity index (χ4v) is 4.77. The van der Waals surface area contributed by atoms with E-state index in [1.807, 2.05) is 6.92 Å². The highest BCUT2D eigenvalue weighted by molar-refractivity contribution is 5.75. The van der Waals surface area contributed by atoms with Crippen LogP contribution in [-0.4, -0.2) is 54.8 Å². The molecule has 0 radical (unpaired) electrons. The number of nitrogen functional groups attached to an aromatic ring is 1. The summed E-state index contributed by atoms with van der Waals surface area (Å²) in [6.07, 6.45) is 1.87. The Kier molecular flexibility index (Phi) is 7.58. The molecule has 0 aliphatic carbocycles. The maximum absolute atomic E-state index is 14.6. The Labute approximate surface area is 227 Å². The van der Waals surface area contributed by atoms with Crippen LogP contribution >= 0.6 is 0 Å². The summed E-state index contributed by atoms with van der Waals surface area (Å²) in [5.41, 5.74) is 7.17. The Morgan fingerprint density at radius 3 is 2.23 bits per heavy atom. The Balaban J connectivity index is 1.33. The molecule has 0 unspecified atom stereocenters. The lowest BCUT2D eigenvalue weighted by atomic mass is 10.1. The molecule has 3 aromatic heterocycles. The third-order valence-corrected chi connectivity index (χ3v) is 6.79. The molecule has 40 heavy (non-hydrogen) atoms. The molecule has 13 heteroatoms. The largest absolute Gasteiger partial charge is 0.490 e. The normalized spacial score (nSPS) is 15.6. The minimum atomic E-state index is -5.82. The summed E-state index contributed by atoms with van der Waals surface area (Å²) in [7, 11) is 0. The Hall–Kier alpha value is -3.87. The number of benzene rings is 1. The highest BCUT2D eigenvalue weighted by Crippen LogP contribution is 2.45. The first kappa shape index (κ1) is 27.7. The first-order valence-electron chi connectivity index (χ1n) is 12.9. The van der Waals surface area contributed by atoms with Crippen molar-refractivity contribution in [2.24, 2.45) is 0 Å². The zero-order valence-electron chi connectivity index (χ0n) is 21.7. The van der Waals surface area contributed by atoms with Gasteiger partial charge < -0.3 is 10.5 Å². The number of hydrogen-bond donors (Lipinski definition) is 1. The number of halogens is 5. The van der Waals surface area contributed by atoms with Crippen molar-refractivity contribution >= 4 is 17.1 Å². The lowest BCUT2D eigenvalue weighted by Crippen LogP contribution is -2.37. The van der Waals surface area contributed by atoms with Crippen molar-refractivity contribution in [1.29, 1.82) is 0 Å². The zero-order valence-corrected chi connectivity index (χ0v) is 21.7. The predicted molar refractivity (Wildman–Crippen MR) is 138 cm³/mol. The molecule has 5 rings (SSSR count). The van der Waals surface area contributed by atoms with Crippen molar-refractivity contribution in [2.75, 3.05) is 18.8 Å². The van der Waals surface area contributed by atoms with Crippen LogP contribution in [0.15, 0.2) is 48.9 Å². The molecular weight excluding hydrogens is 533 g/mol. The van der Waals surface area contributed by atoms with Gasteiger partial charge in [0.2, 0.25) is 5.95 Å². The summed E-state index contributed by atoms with van der Waals surface area (Å²) < 4.78 is 76.2. The van der Waals surface area contributed by atoms with Crippen molar-refractivity contribution in [3.05, 3.63) is 65.9 Å². The molecule has 4 heterocycles. The van der Waals surface area contributed by atoms with Crippen LogP contribution in [0.3, 0.4) is 0 Å². The van der Waals surface area contributed by atoms with Gasteiger partial charge in [-0.3, -0.25) is 9.47 Å². The second kappa shape index (κ2) is 11.0. The third kappa shape index (κ3) is 5.69. The zero-order chi connectivity index (χ0) is 28.5. The standard InChI is InChI=1S/C27H28F5N7O/c1-2-3-17-12-22-23(34-13-17)39(24(37-22)26(28,29)27(30,31)32)19-4-6-20(7-5-19)40-21-8-10-38(11-9-21)16-18-14-35-25(33)36-15-18/h4-7,12-15,21H,2-3,8-11,16H2,1H3,(H2,33,35,36). The average Bonchev–Trinajstić information content (AvgIpc) is 3.31. The van der Waals surface area contributed by atoms with Gasteiger partial charge in [0.25, 0.3) is 0 Å². The number of likely N-dealkylation sites (tertiary alicyclic amines) is 1. The van der Waals surface area contributed by atoms with Gasteiger partial charge in [0.1, 0.15) is 17.4 Å². The maximum atomic E-state index is 14.6. The lowest BCUT2D eigenvalue weighted by Gasteiger charge is -2.32.